The number of sulfone groups is 1. The molecule has 0 bridgehead atoms. The van der Waals surface area contributed by atoms with Crippen LogP contribution < -0.4 is 10.6 Å². The summed E-state index contributed by atoms with van der Waals surface area (Å²) in [6, 6.07) is 0. The maximum atomic E-state index is 11.0. The van der Waals surface area contributed by atoms with Crippen molar-refractivity contribution >= 4 is 27.3 Å². The van der Waals surface area contributed by atoms with Crippen molar-refractivity contribution in [3.63, 3.8) is 0 Å². The van der Waals surface area contributed by atoms with Gasteiger partial charge >= 0.3 is 5.69 Å². The number of nitro groups is 1. The molecule has 0 spiro atoms. The van der Waals surface area contributed by atoms with Gasteiger partial charge in [-0.1, -0.05) is 0 Å². The molecular weight excluding hydrogens is 286 g/mol. The highest BCUT2D eigenvalue weighted by Crippen LogP contribution is 2.26. The highest BCUT2D eigenvalue weighted by molar-refractivity contribution is 7.90. The lowest BCUT2D eigenvalue weighted by Gasteiger charge is -2.09. The summed E-state index contributed by atoms with van der Waals surface area (Å²) in [7, 11) is -1.44. The van der Waals surface area contributed by atoms with E-state index < -0.39 is 14.8 Å². The molecule has 0 radical (unpaired) electrons. The van der Waals surface area contributed by atoms with Crippen LogP contribution in [-0.2, 0) is 9.84 Å². The highest BCUT2D eigenvalue weighted by Gasteiger charge is 2.21. The van der Waals surface area contributed by atoms with E-state index in [1.165, 1.54) is 6.92 Å². The van der Waals surface area contributed by atoms with Crippen molar-refractivity contribution in [3.05, 3.63) is 15.8 Å². The molecule has 1 heterocycles. The van der Waals surface area contributed by atoms with Gasteiger partial charge < -0.3 is 10.6 Å². The second-order valence-corrected chi connectivity index (χ2v) is 6.51. The van der Waals surface area contributed by atoms with Crippen LogP contribution in [0.2, 0.25) is 0 Å². The molecule has 0 aliphatic carbocycles. The molecular formula is C10H17N5O4S. The lowest BCUT2D eigenvalue weighted by molar-refractivity contribution is -0.385. The molecule has 0 fully saturated rings. The Labute approximate surface area is 116 Å². The topological polar surface area (TPSA) is 127 Å². The first-order valence-electron chi connectivity index (χ1n) is 5.87. The SMILES string of the molecule is CNc1nc(C)c([N+](=O)[O-])c(NCCCS(C)(=O)=O)n1. The van der Waals surface area contributed by atoms with E-state index in [1.807, 2.05) is 0 Å². The Morgan fingerprint density at radius 1 is 1.35 bits per heavy atom. The molecule has 0 amide bonds. The summed E-state index contributed by atoms with van der Waals surface area (Å²) >= 11 is 0. The maximum Gasteiger partial charge on any atom is 0.332 e. The van der Waals surface area contributed by atoms with Gasteiger partial charge in [-0.3, -0.25) is 10.1 Å². The van der Waals surface area contributed by atoms with Gasteiger partial charge in [-0.25, -0.2) is 13.4 Å². The number of rotatable bonds is 7. The van der Waals surface area contributed by atoms with E-state index in [-0.39, 0.29) is 35.4 Å². The van der Waals surface area contributed by atoms with Gasteiger partial charge in [-0.05, 0) is 13.3 Å². The van der Waals surface area contributed by atoms with Crippen molar-refractivity contribution in [1.29, 1.82) is 0 Å². The van der Waals surface area contributed by atoms with Crippen molar-refractivity contribution in [2.45, 2.75) is 13.3 Å². The average Bonchev–Trinajstić information content (AvgIpc) is 2.32. The van der Waals surface area contributed by atoms with Crippen molar-refractivity contribution < 1.29 is 13.3 Å². The molecule has 10 heteroatoms. The van der Waals surface area contributed by atoms with Crippen LogP contribution >= 0.6 is 0 Å². The second kappa shape index (κ2) is 6.46. The highest BCUT2D eigenvalue weighted by atomic mass is 32.2. The summed E-state index contributed by atoms with van der Waals surface area (Å²) in [6.07, 6.45) is 1.48. The van der Waals surface area contributed by atoms with E-state index in [1.54, 1.807) is 7.05 Å². The van der Waals surface area contributed by atoms with Crippen LogP contribution in [0.3, 0.4) is 0 Å². The van der Waals surface area contributed by atoms with E-state index in [2.05, 4.69) is 20.6 Å². The quantitative estimate of drug-likeness (QED) is 0.425. The molecule has 112 valence electrons. The maximum absolute atomic E-state index is 11.0. The predicted molar refractivity (Wildman–Crippen MR) is 75.8 cm³/mol. The van der Waals surface area contributed by atoms with Crippen LogP contribution in [0.5, 0.6) is 0 Å². The van der Waals surface area contributed by atoms with Gasteiger partial charge in [0.15, 0.2) is 0 Å². The van der Waals surface area contributed by atoms with Gasteiger partial charge in [-0.2, -0.15) is 4.98 Å². The van der Waals surface area contributed by atoms with Crippen LogP contribution in [0.1, 0.15) is 12.1 Å². The number of anilines is 2. The number of nitrogens with zero attached hydrogens (tertiary/aromatic N) is 3. The standard InChI is InChI=1S/C10H17N5O4S/c1-7-8(15(16)17)9(14-10(11-2)13-7)12-5-4-6-20(3,18)19/h4-6H2,1-3H3,(H2,11,12,13,14). The molecule has 1 rings (SSSR count). The predicted octanol–water partition coefficient (Wildman–Crippen LogP) is 0.582. The Kier molecular flexibility index (Phi) is 5.19. The fraction of sp³-hybridized carbons (Fsp3) is 0.600. The smallest absolute Gasteiger partial charge is 0.332 e. The van der Waals surface area contributed by atoms with Crippen LogP contribution in [0, 0.1) is 17.0 Å². The van der Waals surface area contributed by atoms with E-state index in [4.69, 9.17) is 0 Å². The lowest BCUT2D eigenvalue weighted by atomic mass is 10.3. The summed E-state index contributed by atoms with van der Waals surface area (Å²) in [4.78, 5) is 18.4. The molecule has 0 saturated heterocycles. The van der Waals surface area contributed by atoms with Crippen molar-refractivity contribution in [2.24, 2.45) is 0 Å². The normalized spacial score (nSPS) is 11.2. The second-order valence-electron chi connectivity index (χ2n) is 4.25. The third-order valence-corrected chi connectivity index (χ3v) is 3.48. The van der Waals surface area contributed by atoms with Crippen LogP contribution in [0.25, 0.3) is 0 Å². The van der Waals surface area contributed by atoms with E-state index in [0.29, 0.717) is 6.42 Å². The zero-order valence-electron chi connectivity index (χ0n) is 11.5. The number of nitrogens with one attached hydrogen (secondary N) is 2. The summed E-state index contributed by atoms with van der Waals surface area (Å²) < 4.78 is 22.0. The molecule has 0 unspecified atom stereocenters. The fourth-order valence-corrected chi connectivity index (χ4v) is 2.23. The van der Waals surface area contributed by atoms with Crippen LogP contribution in [0.15, 0.2) is 0 Å². The monoisotopic (exact) mass is 303 g/mol. The molecule has 0 atom stereocenters. The van der Waals surface area contributed by atoms with Crippen LogP contribution in [-0.4, -0.2) is 48.9 Å². The summed E-state index contributed by atoms with van der Waals surface area (Å²) in [5, 5.41) is 16.5. The molecule has 1 aromatic rings. The molecule has 0 aromatic carbocycles. The minimum Gasteiger partial charge on any atom is -0.364 e. The molecule has 0 aliphatic heterocycles. The molecule has 1 aromatic heterocycles. The number of aryl methyl sites for hydroxylation is 1. The summed E-state index contributed by atoms with van der Waals surface area (Å²) in [5.41, 5.74) is 0.0309. The minimum atomic E-state index is -3.04. The Hall–Kier alpha value is -1.97. The van der Waals surface area contributed by atoms with E-state index >= 15 is 0 Å². The van der Waals surface area contributed by atoms with Gasteiger partial charge in [0.25, 0.3) is 0 Å². The third kappa shape index (κ3) is 4.61. The first kappa shape index (κ1) is 16.1. The van der Waals surface area contributed by atoms with E-state index in [0.717, 1.165) is 6.26 Å². The molecule has 2 N–H and O–H groups in total. The Morgan fingerprint density at radius 2 is 2.00 bits per heavy atom. The van der Waals surface area contributed by atoms with Crippen molar-refractivity contribution in [1.82, 2.24) is 9.97 Å². The lowest BCUT2D eigenvalue weighted by Crippen LogP contribution is -2.13. The zero-order chi connectivity index (χ0) is 15.3. The van der Waals surface area contributed by atoms with Gasteiger partial charge in [0.2, 0.25) is 11.8 Å². The Bertz CT molecular complexity index is 602. The minimum absolute atomic E-state index is 0.0107. The van der Waals surface area contributed by atoms with Gasteiger partial charge in [0, 0.05) is 19.8 Å². The van der Waals surface area contributed by atoms with Gasteiger partial charge in [0.1, 0.15) is 15.5 Å². The van der Waals surface area contributed by atoms with Gasteiger partial charge in [-0.15, -0.1) is 0 Å². The Balaban J connectivity index is 2.87. The number of hydrogen-bond donors (Lipinski definition) is 2. The zero-order valence-corrected chi connectivity index (χ0v) is 12.3. The van der Waals surface area contributed by atoms with Crippen molar-refractivity contribution in [2.75, 3.05) is 36.2 Å². The molecule has 0 aliphatic rings. The fourth-order valence-electron chi connectivity index (χ4n) is 1.56. The van der Waals surface area contributed by atoms with Crippen LogP contribution in [0.4, 0.5) is 17.5 Å². The summed E-state index contributed by atoms with van der Waals surface area (Å²) in [5.74, 6) is 0.357. The first-order chi connectivity index (χ1) is 9.24. The molecule has 20 heavy (non-hydrogen) atoms. The van der Waals surface area contributed by atoms with E-state index in [9.17, 15) is 18.5 Å². The first-order valence-corrected chi connectivity index (χ1v) is 7.93. The van der Waals surface area contributed by atoms with Gasteiger partial charge in [0.05, 0.1) is 10.7 Å². The number of hydrogen-bond acceptors (Lipinski definition) is 8. The largest absolute Gasteiger partial charge is 0.364 e. The van der Waals surface area contributed by atoms with Crippen molar-refractivity contribution in [3.8, 4) is 0 Å². The Morgan fingerprint density at radius 3 is 2.50 bits per heavy atom. The average molecular weight is 303 g/mol. The molecule has 9 nitrogen and oxygen atoms in total. The summed E-state index contributed by atoms with van der Waals surface area (Å²) in [6.45, 7) is 1.79. The third-order valence-electron chi connectivity index (χ3n) is 2.45. The number of aromatic nitrogens is 2. The molecule has 0 saturated carbocycles.